The van der Waals surface area contributed by atoms with Gasteiger partial charge >= 0.3 is 0 Å². The number of rotatable bonds is 5. The zero-order chi connectivity index (χ0) is 20.4. The van der Waals surface area contributed by atoms with Gasteiger partial charge in [-0.05, 0) is 31.5 Å². The minimum absolute atomic E-state index is 0.00247. The third-order valence-corrected chi connectivity index (χ3v) is 4.55. The van der Waals surface area contributed by atoms with Gasteiger partial charge in [0, 0.05) is 23.4 Å². The van der Waals surface area contributed by atoms with Crippen molar-refractivity contribution in [2.75, 3.05) is 12.4 Å². The van der Waals surface area contributed by atoms with Gasteiger partial charge in [-0.1, -0.05) is 6.07 Å². The largest absolute Gasteiger partial charge is 0.493 e. The molecule has 148 valence electrons. The van der Waals surface area contributed by atoms with E-state index in [2.05, 4.69) is 10.3 Å². The fourth-order valence-corrected chi connectivity index (χ4v) is 3.32. The van der Waals surface area contributed by atoms with Crippen LogP contribution in [0.1, 0.15) is 35.3 Å². The summed E-state index contributed by atoms with van der Waals surface area (Å²) in [5, 5.41) is 2.64. The molecule has 2 amide bonds. The van der Waals surface area contributed by atoms with Crippen molar-refractivity contribution in [3.63, 3.8) is 0 Å². The number of ether oxygens (including phenoxy) is 2. The first-order valence-electron chi connectivity index (χ1n) is 8.56. The highest BCUT2D eigenvalue weighted by atomic mass is 19.2. The van der Waals surface area contributed by atoms with Crippen LogP contribution in [0.4, 0.5) is 14.5 Å². The standard InChI is InChI=1S/C19H19F2N3O4/c1-9-7-12(11-3-4-13(20)15(21)16(11)27-2)17(28-9)19(26)24-10-5-6-23-14(8-10)18(22)25/h3-6,8-9,12,17H,7H2,1-2H3,(H2,22,25)(H,23,24,26)/t9-,12-,17+/m1/s1. The quantitative estimate of drug-likeness (QED) is 0.814. The number of carbonyl (C=O) groups is 2. The van der Waals surface area contributed by atoms with E-state index in [1.54, 1.807) is 6.92 Å². The Morgan fingerprint density at radius 1 is 1.32 bits per heavy atom. The number of anilines is 1. The Labute approximate surface area is 159 Å². The Morgan fingerprint density at radius 2 is 2.07 bits per heavy atom. The van der Waals surface area contributed by atoms with Crippen LogP contribution in [0.25, 0.3) is 0 Å². The molecule has 3 atom stereocenters. The van der Waals surface area contributed by atoms with Gasteiger partial charge in [-0.3, -0.25) is 14.6 Å². The molecule has 9 heteroatoms. The zero-order valence-corrected chi connectivity index (χ0v) is 15.2. The summed E-state index contributed by atoms with van der Waals surface area (Å²) in [4.78, 5) is 27.9. The summed E-state index contributed by atoms with van der Waals surface area (Å²) in [6.07, 6.45) is 0.516. The number of halogens is 2. The summed E-state index contributed by atoms with van der Waals surface area (Å²) in [5.41, 5.74) is 5.85. The van der Waals surface area contributed by atoms with Gasteiger partial charge in [-0.15, -0.1) is 0 Å². The molecule has 0 aliphatic carbocycles. The van der Waals surface area contributed by atoms with E-state index in [0.717, 1.165) is 6.07 Å². The van der Waals surface area contributed by atoms with Crippen LogP contribution in [0.3, 0.4) is 0 Å². The van der Waals surface area contributed by atoms with Crippen LogP contribution in [0.15, 0.2) is 30.5 Å². The molecule has 1 aliphatic rings. The lowest BCUT2D eigenvalue weighted by Gasteiger charge is -2.21. The van der Waals surface area contributed by atoms with E-state index in [1.807, 2.05) is 0 Å². The number of aromatic nitrogens is 1. The Morgan fingerprint density at radius 3 is 2.75 bits per heavy atom. The first-order valence-corrected chi connectivity index (χ1v) is 8.56. The lowest BCUT2D eigenvalue weighted by molar-refractivity contribution is -0.126. The second kappa shape index (κ2) is 7.89. The number of carbonyl (C=O) groups excluding carboxylic acids is 2. The maximum absolute atomic E-state index is 14.1. The molecule has 3 rings (SSSR count). The molecule has 1 aromatic heterocycles. The monoisotopic (exact) mass is 391 g/mol. The smallest absolute Gasteiger partial charge is 0.267 e. The summed E-state index contributed by atoms with van der Waals surface area (Å²) >= 11 is 0. The van der Waals surface area contributed by atoms with Gasteiger partial charge in [0.15, 0.2) is 11.6 Å². The summed E-state index contributed by atoms with van der Waals surface area (Å²) in [6.45, 7) is 1.78. The number of nitrogens with one attached hydrogen (secondary N) is 1. The molecule has 7 nitrogen and oxygen atoms in total. The van der Waals surface area contributed by atoms with E-state index in [9.17, 15) is 18.4 Å². The van der Waals surface area contributed by atoms with Crippen LogP contribution >= 0.6 is 0 Å². The van der Waals surface area contributed by atoms with E-state index >= 15 is 0 Å². The summed E-state index contributed by atoms with van der Waals surface area (Å²) in [7, 11) is 1.23. The number of methoxy groups -OCH3 is 1. The number of hydrogen-bond acceptors (Lipinski definition) is 5. The molecular formula is C19H19F2N3O4. The molecule has 0 radical (unpaired) electrons. The van der Waals surface area contributed by atoms with Gasteiger partial charge in [-0.2, -0.15) is 4.39 Å². The minimum Gasteiger partial charge on any atom is -0.493 e. The number of benzene rings is 1. The third-order valence-electron chi connectivity index (χ3n) is 4.55. The molecule has 0 bridgehead atoms. The van der Waals surface area contributed by atoms with Crippen molar-refractivity contribution < 1.29 is 27.8 Å². The topological polar surface area (TPSA) is 104 Å². The summed E-state index contributed by atoms with van der Waals surface area (Å²) in [6, 6.07) is 5.22. The first-order chi connectivity index (χ1) is 13.3. The molecule has 1 aromatic carbocycles. The summed E-state index contributed by atoms with van der Waals surface area (Å²) in [5.74, 6) is -4.17. The van der Waals surface area contributed by atoms with Crippen LogP contribution in [0.5, 0.6) is 5.75 Å². The van der Waals surface area contributed by atoms with Gasteiger partial charge in [-0.25, -0.2) is 4.39 Å². The SMILES string of the molecule is COc1c([C@H]2C[C@@H](C)O[C@@H]2C(=O)Nc2ccnc(C(N)=O)c2)ccc(F)c1F. The van der Waals surface area contributed by atoms with E-state index in [0.29, 0.717) is 17.7 Å². The highest BCUT2D eigenvalue weighted by Gasteiger charge is 2.41. The van der Waals surface area contributed by atoms with Gasteiger partial charge in [0.2, 0.25) is 5.82 Å². The number of nitrogens with zero attached hydrogens (tertiary/aromatic N) is 1. The van der Waals surface area contributed by atoms with Gasteiger partial charge < -0.3 is 20.5 Å². The van der Waals surface area contributed by atoms with E-state index in [-0.39, 0.29) is 17.5 Å². The summed E-state index contributed by atoms with van der Waals surface area (Å²) < 4.78 is 38.4. The Hall–Kier alpha value is -3.07. The van der Waals surface area contributed by atoms with E-state index in [1.165, 1.54) is 31.5 Å². The molecule has 0 unspecified atom stereocenters. The van der Waals surface area contributed by atoms with Crippen molar-refractivity contribution in [2.45, 2.75) is 31.5 Å². The lowest BCUT2D eigenvalue weighted by Crippen LogP contribution is -2.32. The average molecular weight is 391 g/mol. The molecule has 2 heterocycles. The number of nitrogens with two attached hydrogens (primary N) is 1. The molecular weight excluding hydrogens is 372 g/mol. The fourth-order valence-electron chi connectivity index (χ4n) is 3.32. The number of primary amides is 1. The van der Waals surface area contributed by atoms with Crippen molar-refractivity contribution in [1.82, 2.24) is 4.98 Å². The van der Waals surface area contributed by atoms with Crippen LogP contribution in [0.2, 0.25) is 0 Å². The van der Waals surface area contributed by atoms with Crippen molar-refractivity contribution in [2.24, 2.45) is 5.73 Å². The van der Waals surface area contributed by atoms with Gasteiger partial charge in [0.25, 0.3) is 11.8 Å². The molecule has 2 aromatic rings. The highest BCUT2D eigenvalue weighted by Crippen LogP contribution is 2.41. The molecule has 1 saturated heterocycles. The van der Waals surface area contributed by atoms with Gasteiger partial charge in [0.1, 0.15) is 11.8 Å². The predicted molar refractivity (Wildman–Crippen MR) is 96.0 cm³/mol. The normalized spacial score (nSPS) is 21.4. The van der Waals surface area contributed by atoms with Crippen LogP contribution < -0.4 is 15.8 Å². The lowest BCUT2D eigenvalue weighted by atomic mass is 9.89. The first kappa shape index (κ1) is 19.7. The predicted octanol–water partition coefficient (Wildman–Crippen LogP) is 2.37. The van der Waals surface area contributed by atoms with Crippen LogP contribution in [-0.2, 0) is 9.53 Å². The molecule has 3 N–H and O–H groups in total. The van der Waals surface area contributed by atoms with Crippen LogP contribution in [-0.4, -0.2) is 36.1 Å². The van der Waals surface area contributed by atoms with E-state index in [4.69, 9.17) is 15.2 Å². The Kier molecular flexibility index (Phi) is 5.55. The zero-order valence-electron chi connectivity index (χ0n) is 15.2. The third kappa shape index (κ3) is 3.79. The number of hydrogen-bond donors (Lipinski definition) is 2. The number of amides is 2. The maximum Gasteiger partial charge on any atom is 0.267 e. The Balaban J connectivity index is 1.88. The second-order valence-electron chi connectivity index (χ2n) is 6.48. The molecule has 0 spiro atoms. The highest BCUT2D eigenvalue weighted by molar-refractivity contribution is 5.97. The van der Waals surface area contributed by atoms with Gasteiger partial charge in [0.05, 0.1) is 13.2 Å². The average Bonchev–Trinajstić information content (AvgIpc) is 3.05. The Bertz CT molecular complexity index is 922. The van der Waals surface area contributed by atoms with Crippen molar-refractivity contribution in [1.29, 1.82) is 0 Å². The van der Waals surface area contributed by atoms with E-state index < -0.39 is 35.5 Å². The molecule has 1 aliphatic heterocycles. The van der Waals surface area contributed by atoms with Crippen molar-refractivity contribution >= 4 is 17.5 Å². The number of pyridine rings is 1. The molecule has 0 saturated carbocycles. The van der Waals surface area contributed by atoms with Crippen LogP contribution in [0, 0.1) is 11.6 Å². The second-order valence-corrected chi connectivity index (χ2v) is 6.48. The van der Waals surface area contributed by atoms with Crippen molar-refractivity contribution in [3.8, 4) is 5.75 Å². The maximum atomic E-state index is 14.1. The minimum atomic E-state index is -1.11. The van der Waals surface area contributed by atoms with Crippen molar-refractivity contribution in [3.05, 3.63) is 53.4 Å². The molecule has 28 heavy (non-hydrogen) atoms. The molecule has 1 fully saturated rings. The fraction of sp³-hybridized carbons (Fsp3) is 0.316.